The largest absolute Gasteiger partial charge is 0.466 e. The first-order valence-corrected chi connectivity index (χ1v) is 5.46. The zero-order valence-electron chi connectivity index (χ0n) is 8.85. The van der Waals surface area contributed by atoms with Crippen LogP contribution in [0.2, 0.25) is 0 Å². The smallest absolute Gasteiger partial charge is 0.307 e. The first kappa shape index (κ1) is 15.3. The summed E-state index contributed by atoms with van der Waals surface area (Å²) in [4.78, 5) is 15.3. The Hall–Kier alpha value is -0.650. The summed E-state index contributed by atoms with van der Waals surface area (Å²) in [6.07, 6.45) is 0.150. The molecule has 0 bridgehead atoms. The van der Waals surface area contributed by atoms with E-state index in [-0.39, 0.29) is 24.8 Å². The molecule has 2 N–H and O–H groups in total. The summed E-state index contributed by atoms with van der Waals surface area (Å²) in [5.74, 6) is -0.299. The number of nitrogens with two attached hydrogens (primary N) is 1. The summed E-state index contributed by atoms with van der Waals surface area (Å²) < 4.78 is 5.51. The summed E-state index contributed by atoms with van der Waals surface area (Å²) >= 11 is 3.24. The van der Waals surface area contributed by atoms with Gasteiger partial charge < -0.3 is 10.5 Å². The number of halogens is 2. The van der Waals surface area contributed by atoms with Gasteiger partial charge in [-0.1, -0.05) is 6.07 Å². The molecule has 1 rings (SSSR count). The minimum absolute atomic E-state index is 0. The zero-order valence-corrected chi connectivity index (χ0v) is 11.3. The van der Waals surface area contributed by atoms with Gasteiger partial charge in [-0.25, -0.2) is 4.98 Å². The highest BCUT2D eigenvalue weighted by molar-refractivity contribution is 9.10. The molecule has 0 saturated heterocycles. The molecule has 1 heterocycles. The van der Waals surface area contributed by atoms with Crippen molar-refractivity contribution in [3.8, 4) is 0 Å². The molecule has 0 fully saturated rings. The van der Waals surface area contributed by atoms with Crippen LogP contribution < -0.4 is 5.73 Å². The number of carbonyl (C=O) groups is 1. The van der Waals surface area contributed by atoms with E-state index in [1.807, 2.05) is 6.07 Å². The number of hydrogen-bond acceptors (Lipinski definition) is 4. The van der Waals surface area contributed by atoms with Crippen molar-refractivity contribution in [1.29, 1.82) is 0 Å². The van der Waals surface area contributed by atoms with Crippen LogP contribution in [0.3, 0.4) is 0 Å². The van der Waals surface area contributed by atoms with E-state index in [9.17, 15) is 4.79 Å². The SMILES string of the molecule is CCOC(=O)C[C@@H](N)c1cccc(Br)n1.Cl. The third kappa shape index (κ3) is 4.92. The van der Waals surface area contributed by atoms with Crippen LogP contribution in [0.25, 0.3) is 0 Å². The molecule has 0 spiro atoms. The van der Waals surface area contributed by atoms with Gasteiger partial charge in [0.05, 0.1) is 24.8 Å². The molecule has 0 aliphatic carbocycles. The second-order valence-electron chi connectivity index (χ2n) is 3.00. The van der Waals surface area contributed by atoms with Crippen molar-refractivity contribution in [2.75, 3.05) is 6.61 Å². The fourth-order valence-corrected chi connectivity index (χ4v) is 1.49. The van der Waals surface area contributed by atoms with E-state index in [2.05, 4.69) is 20.9 Å². The molecule has 1 aromatic rings. The van der Waals surface area contributed by atoms with Gasteiger partial charge in [0.2, 0.25) is 0 Å². The van der Waals surface area contributed by atoms with Crippen LogP contribution in [-0.2, 0) is 9.53 Å². The number of pyridine rings is 1. The van der Waals surface area contributed by atoms with Gasteiger partial charge in [0.15, 0.2) is 0 Å². The van der Waals surface area contributed by atoms with E-state index in [1.54, 1.807) is 19.1 Å². The standard InChI is InChI=1S/C10H13BrN2O2.ClH/c1-2-15-10(14)6-7(12)8-4-3-5-9(11)13-8;/h3-5,7H,2,6,12H2,1H3;1H/t7-;/m1./s1. The quantitative estimate of drug-likeness (QED) is 0.684. The van der Waals surface area contributed by atoms with Gasteiger partial charge in [-0.3, -0.25) is 4.79 Å². The predicted molar refractivity (Wildman–Crippen MR) is 67.4 cm³/mol. The van der Waals surface area contributed by atoms with Crippen LogP contribution in [0.1, 0.15) is 25.1 Å². The van der Waals surface area contributed by atoms with Crippen LogP contribution in [0.4, 0.5) is 0 Å². The van der Waals surface area contributed by atoms with Crippen LogP contribution in [-0.4, -0.2) is 17.6 Å². The first-order chi connectivity index (χ1) is 7.13. The van der Waals surface area contributed by atoms with Gasteiger partial charge in [0.25, 0.3) is 0 Å². The number of esters is 1. The molecule has 90 valence electrons. The number of hydrogen-bond donors (Lipinski definition) is 1. The summed E-state index contributed by atoms with van der Waals surface area (Å²) in [6.45, 7) is 2.14. The molecule has 4 nitrogen and oxygen atoms in total. The summed E-state index contributed by atoms with van der Waals surface area (Å²) in [5, 5.41) is 0. The van der Waals surface area contributed by atoms with Crippen molar-refractivity contribution in [3.63, 3.8) is 0 Å². The molecular formula is C10H14BrClN2O2. The lowest BCUT2D eigenvalue weighted by molar-refractivity contribution is -0.143. The molecule has 0 aromatic carbocycles. The van der Waals surface area contributed by atoms with Crippen LogP contribution in [0, 0.1) is 0 Å². The fraction of sp³-hybridized carbons (Fsp3) is 0.400. The molecule has 0 aliphatic heterocycles. The van der Waals surface area contributed by atoms with Crippen LogP contribution >= 0.6 is 28.3 Å². The minimum Gasteiger partial charge on any atom is -0.466 e. The van der Waals surface area contributed by atoms with Gasteiger partial charge >= 0.3 is 5.97 Å². The highest BCUT2D eigenvalue weighted by Gasteiger charge is 2.13. The lowest BCUT2D eigenvalue weighted by atomic mass is 10.1. The molecule has 0 radical (unpaired) electrons. The fourth-order valence-electron chi connectivity index (χ4n) is 1.13. The van der Waals surface area contributed by atoms with Crippen molar-refractivity contribution >= 4 is 34.3 Å². The minimum atomic E-state index is -0.415. The van der Waals surface area contributed by atoms with Crippen molar-refractivity contribution in [2.24, 2.45) is 5.73 Å². The Morgan fingerprint density at radius 1 is 1.62 bits per heavy atom. The average molecular weight is 310 g/mol. The summed E-state index contributed by atoms with van der Waals surface area (Å²) in [6, 6.07) is 5.01. The lowest BCUT2D eigenvalue weighted by Crippen LogP contribution is -2.18. The Kier molecular flexibility index (Phi) is 7.29. The predicted octanol–water partition coefficient (Wildman–Crippen LogP) is 2.22. The maximum absolute atomic E-state index is 11.2. The maximum atomic E-state index is 11.2. The topological polar surface area (TPSA) is 65.2 Å². The van der Waals surface area contributed by atoms with Crippen molar-refractivity contribution < 1.29 is 9.53 Å². The van der Waals surface area contributed by atoms with Gasteiger partial charge in [-0.15, -0.1) is 12.4 Å². The van der Waals surface area contributed by atoms with Gasteiger partial charge in [-0.05, 0) is 35.0 Å². The number of aromatic nitrogens is 1. The average Bonchev–Trinajstić information content (AvgIpc) is 2.18. The molecule has 0 saturated carbocycles. The molecule has 0 aliphatic rings. The molecule has 0 amide bonds. The second kappa shape index (κ2) is 7.60. The van der Waals surface area contributed by atoms with E-state index in [0.717, 1.165) is 0 Å². The highest BCUT2D eigenvalue weighted by atomic mass is 79.9. The number of rotatable bonds is 4. The molecule has 1 atom stereocenters. The Bertz CT molecular complexity index is 349. The van der Waals surface area contributed by atoms with Crippen LogP contribution in [0.5, 0.6) is 0 Å². The molecule has 1 aromatic heterocycles. The molecule has 6 heteroatoms. The van der Waals surface area contributed by atoms with E-state index in [0.29, 0.717) is 16.9 Å². The van der Waals surface area contributed by atoms with E-state index < -0.39 is 6.04 Å². The number of carbonyl (C=O) groups excluding carboxylic acids is 1. The summed E-state index contributed by atoms with van der Waals surface area (Å²) in [7, 11) is 0. The summed E-state index contributed by atoms with van der Waals surface area (Å²) in [5.41, 5.74) is 6.49. The normalized spacial score (nSPS) is 11.4. The molecule has 0 unspecified atom stereocenters. The lowest BCUT2D eigenvalue weighted by Gasteiger charge is -2.10. The first-order valence-electron chi connectivity index (χ1n) is 4.67. The third-order valence-corrected chi connectivity index (χ3v) is 2.25. The third-order valence-electron chi connectivity index (χ3n) is 1.81. The van der Waals surface area contributed by atoms with Gasteiger partial charge in [0.1, 0.15) is 4.60 Å². The Labute approximate surface area is 109 Å². The van der Waals surface area contributed by atoms with E-state index >= 15 is 0 Å². The maximum Gasteiger partial charge on any atom is 0.307 e. The molecular weight excluding hydrogens is 295 g/mol. The van der Waals surface area contributed by atoms with Crippen molar-refractivity contribution in [2.45, 2.75) is 19.4 Å². The van der Waals surface area contributed by atoms with E-state index in [4.69, 9.17) is 10.5 Å². The van der Waals surface area contributed by atoms with Gasteiger partial charge in [0, 0.05) is 0 Å². The van der Waals surface area contributed by atoms with Gasteiger partial charge in [-0.2, -0.15) is 0 Å². The van der Waals surface area contributed by atoms with Crippen molar-refractivity contribution in [3.05, 3.63) is 28.5 Å². The van der Waals surface area contributed by atoms with Crippen LogP contribution in [0.15, 0.2) is 22.8 Å². The Balaban J connectivity index is 0.00000225. The monoisotopic (exact) mass is 308 g/mol. The zero-order chi connectivity index (χ0) is 11.3. The number of ether oxygens (including phenoxy) is 1. The second-order valence-corrected chi connectivity index (χ2v) is 3.81. The van der Waals surface area contributed by atoms with Crippen molar-refractivity contribution in [1.82, 2.24) is 4.98 Å². The highest BCUT2D eigenvalue weighted by Crippen LogP contribution is 2.15. The van der Waals surface area contributed by atoms with E-state index in [1.165, 1.54) is 0 Å². The Morgan fingerprint density at radius 3 is 2.88 bits per heavy atom. The molecule has 16 heavy (non-hydrogen) atoms. The Morgan fingerprint density at radius 2 is 2.31 bits per heavy atom. The number of nitrogens with zero attached hydrogens (tertiary/aromatic N) is 1.